The largest absolute Gasteiger partial charge is 0.319 e. The molecule has 5 heteroatoms. The van der Waals surface area contributed by atoms with Gasteiger partial charge in [0.25, 0.3) is 0 Å². The third kappa shape index (κ3) is 4.73. The fourth-order valence-corrected chi connectivity index (χ4v) is 4.63. The second-order valence-electron chi connectivity index (χ2n) is 8.51. The minimum Gasteiger partial charge on any atom is -0.319 e. The van der Waals surface area contributed by atoms with Gasteiger partial charge in [0.1, 0.15) is 7.14 Å². The van der Waals surface area contributed by atoms with Crippen LogP contribution in [-0.4, -0.2) is 28.3 Å². The van der Waals surface area contributed by atoms with E-state index < -0.39 is 7.14 Å². The highest BCUT2D eigenvalue weighted by Gasteiger charge is 2.14. The van der Waals surface area contributed by atoms with E-state index in [9.17, 15) is 4.57 Å². The molecule has 0 atom stereocenters. The molecule has 1 aromatic heterocycles. The highest BCUT2D eigenvalue weighted by molar-refractivity contribution is 7.70. The molecule has 0 fully saturated rings. The van der Waals surface area contributed by atoms with Crippen molar-refractivity contribution in [3.63, 3.8) is 0 Å². The molecule has 0 amide bonds. The third-order valence-electron chi connectivity index (χ3n) is 5.66. The van der Waals surface area contributed by atoms with Gasteiger partial charge < -0.3 is 4.57 Å². The first-order chi connectivity index (χ1) is 16.5. The summed E-state index contributed by atoms with van der Waals surface area (Å²) in [5.74, 6) is 1.82. The molecule has 1 heterocycles. The fraction of sp³-hybridized carbons (Fsp3) is 0.0690. The Bertz CT molecular complexity index is 1460. The number of benzene rings is 4. The van der Waals surface area contributed by atoms with Crippen LogP contribution in [-0.2, 0) is 4.57 Å². The SMILES string of the molecule is CP(C)(=O)c1ccc(-c2nc(-c3ccccc3)nc(-c3ccc(-c4ccccc4)cc3)n2)cc1. The number of nitrogens with zero attached hydrogens (tertiary/aromatic N) is 3. The zero-order valence-corrected chi connectivity index (χ0v) is 20.0. The molecular formula is C29H24N3OP. The molecular weight excluding hydrogens is 437 g/mol. The maximum atomic E-state index is 12.4. The van der Waals surface area contributed by atoms with Gasteiger partial charge in [-0.3, -0.25) is 0 Å². The van der Waals surface area contributed by atoms with Gasteiger partial charge in [-0.15, -0.1) is 0 Å². The average molecular weight is 462 g/mol. The Kier molecular flexibility index (Phi) is 5.91. The van der Waals surface area contributed by atoms with Crippen molar-refractivity contribution in [3.8, 4) is 45.3 Å². The molecule has 166 valence electrons. The molecule has 0 spiro atoms. The minimum absolute atomic E-state index is 0.588. The third-order valence-corrected chi connectivity index (χ3v) is 7.21. The van der Waals surface area contributed by atoms with Gasteiger partial charge in [0.2, 0.25) is 0 Å². The van der Waals surface area contributed by atoms with Crippen LogP contribution in [0.1, 0.15) is 0 Å². The molecule has 4 nitrogen and oxygen atoms in total. The number of hydrogen-bond acceptors (Lipinski definition) is 4. The quantitative estimate of drug-likeness (QED) is 0.271. The van der Waals surface area contributed by atoms with E-state index >= 15 is 0 Å². The van der Waals surface area contributed by atoms with Gasteiger partial charge in [-0.1, -0.05) is 109 Å². The van der Waals surface area contributed by atoms with Crippen molar-refractivity contribution in [3.05, 3.63) is 109 Å². The molecule has 0 N–H and O–H groups in total. The summed E-state index contributed by atoms with van der Waals surface area (Å²) in [6.45, 7) is 3.55. The van der Waals surface area contributed by atoms with Gasteiger partial charge in [0.05, 0.1) is 0 Å². The van der Waals surface area contributed by atoms with E-state index in [-0.39, 0.29) is 0 Å². The zero-order valence-electron chi connectivity index (χ0n) is 19.1. The first-order valence-corrected chi connectivity index (χ1v) is 13.7. The first-order valence-electron chi connectivity index (χ1n) is 11.1. The molecule has 0 radical (unpaired) electrons. The maximum Gasteiger partial charge on any atom is 0.164 e. The first kappa shape index (κ1) is 21.9. The number of rotatable bonds is 5. The Balaban J connectivity index is 1.59. The van der Waals surface area contributed by atoms with Gasteiger partial charge in [-0.2, -0.15) is 0 Å². The van der Waals surface area contributed by atoms with Crippen LogP contribution in [0.2, 0.25) is 0 Å². The lowest BCUT2D eigenvalue weighted by Gasteiger charge is -2.10. The van der Waals surface area contributed by atoms with Crippen LogP contribution in [0, 0.1) is 0 Å². The van der Waals surface area contributed by atoms with Crippen LogP contribution < -0.4 is 5.30 Å². The normalized spacial score (nSPS) is 11.4. The lowest BCUT2D eigenvalue weighted by atomic mass is 10.0. The highest BCUT2D eigenvalue weighted by atomic mass is 31.2. The molecule has 0 unspecified atom stereocenters. The van der Waals surface area contributed by atoms with Crippen LogP contribution >= 0.6 is 7.14 Å². The molecule has 4 aromatic carbocycles. The molecule has 5 rings (SSSR count). The summed E-state index contributed by atoms with van der Waals surface area (Å²) in [6, 6.07) is 36.1. The van der Waals surface area contributed by atoms with E-state index in [1.54, 1.807) is 13.3 Å². The summed E-state index contributed by atoms with van der Waals surface area (Å²) >= 11 is 0. The van der Waals surface area contributed by atoms with Crippen molar-refractivity contribution in [1.29, 1.82) is 0 Å². The molecule has 0 bridgehead atoms. The summed E-state index contributed by atoms with van der Waals surface area (Å²) in [4.78, 5) is 14.4. The minimum atomic E-state index is -2.33. The Morgan fingerprint density at radius 2 is 0.765 bits per heavy atom. The predicted octanol–water partition coefficient (Wildman–Crippen LogP) is 6.79. The highest BCUT2D eigenvalue weighted by Crippen LogP contribution is 2.35. The lowest BCUT2D eigenvalue weighted by Crippen LogP contribution is -2.03. The van der Waals surface area contributed by atoms with Crippen LogP contribution in [0.15, 0.2) is 109 Å². The van der Waals surface area contributed by atoms with Crippen LogP contribution in [0.4, 0.5) is 0 Å². The Morgan fingerprint density at radius 1 is 0.441 bits per heavy atom. The Labute approximate surface area is 199 Å². The van der Waals surface area contributed by atoms with Crippen molar-refractivity contribution in [1.82, 2.24) is 15.0 Å². The molecule has 0 saturated carbocycles. The van der Waals surface area contributed by atoms with E-state index in [2.05, 4.69) is 24.3 Å². The fourth-order valence-electron chi connectivity index (χ4n) is 3.76. The molecule has 34 heavy (non-hydrogen) atoms. The predicted molar refractivity (Wildman–Crippen MR) is 141 cm³/mol. The van der Waals surface area contributed by atoms with E-state index in [0.717, 1.165) is 27.6 Å². The molecule has 0 aliphatic carbocycles. The second-order valence-corrected chi connectivity index (χ2v) is 11.7. The lowest BCUT2D eigenvalue weighted by molar-refractivity contribution is 0.588. The Morgan fingerprint density at radius 3 is 1.21 bits per heavy atom. The van der Waals surface area contributed by atoms with Crippen molar-refractivity contribution >= 4 is 12.4 Å². The van der Waals surface area contributed by atoms with Crippen molar-refractivity contribution in [2.45, 2.75) is 0 Å². The maximum absolute atomic E-state index is 12.4. The Hall–Kier alpha value is -3.88. The number of hydrogen-bond donors (Lipinski definition) is 0. The molecule has 0 saturated heterocycles. The second kappa shape index (κ2) is 9.17. The van der Waals surface area contributed by atoms with Crippen LogP contribution in [0.25, 0.3) is 45.3 Å². The van der Waals surface area contributed by atoms with Gasteiger partial charge >= 0.3 is 0 Å². The monoisotopic (exact) mass is 461 g/mol. The van der Waals surface area contributed by atoms with Crippen molar-refractivity contribution < 1.29 is 4.57 Å². The summed E-state index contributed by atoms with van der Waals surface area (Å²) in [5, 5.41) is 0.838. The van der Waals surface area contributed by atoms with E-state index in [0.29, 0.717) is 17.5 Å². The summed E-state index contributed by atoms with van der Waals surface area (Å²) in [7, 11) is -2.33. The van der Waals surface area contributed by atoms with E-state index in [4.69, 9.17) is 15.0 Å². The smallest absolute Gasteiger partial charge is 0.164 e. The van der Waals surface area contributed by atoms with Gasteiger partial charge in [0, 0.05) is 22.0 Å². The summed E-state index contributed by atoms with van der Waals surface area (Å²) in [5.41, 5.74) is 5.01. The van der Waals surface area contributed by atoms with Gasteiger partial charge in [-0.25, -0.2) is 15.0 Å². The number of aromatic nitrogens is 3. The zero-order chi connectivity index (χ0) is 23.5. The van der Waals surface area contributed by atoms with Crippen molar-refractivity contribution in [2.75, 3.05) is 13.3 Å². The van der Waals surface area contributed by atoms with Gasteiger partial charge in [-0.05, 0) is 24.5 Å². The molecule has 0 aliphatic heterocycles. The van der Waals surface area contributed by atoms with Crippen LogP contribution in [0.5, 0.6) is 0 Å². The van der Waals surface area contributed by atoms with Crippen molar-refractivity contribution in [2.24, 2.45) is 0 Å². The van der Waals surface area contributed by atoms with E-state index in [1.807, 2.05) is 84.9 Å². The molecule has 0 aliphatic rings. The average Bonchev–Trinajstić information content (AvgIpc) is 2.89. The van der Waals surface area contributed by atoms with Gasteiger partial charge in [0.15, 0.2) is 17.5 Å². The summed E-state index contributed by atoms with van der Waals surface area (Å²) < 4.78 is 12.4. The topological polar surface area (TPSA) is 55.7 Å². The summed E-state index contributed by atoms with van der Waals surface area (Å²) in [6.07, 6.45) is 0. The van der Waals surface area contributed by atoms with E-state index in [1.165, 1.54) is 5.56 Å². The van der Waals surface area contributed by atoms with Crippen LogP contribution in [0.3, 0.4) is 0 Å². The standard InChI is InChI=1S/C29H24N3OP/c1-34(2,33)26-19-17-25(18-20-26)29-31-27(23-11-7-4-8-12-23)30-28(32-29)24-15-13-22(14-16-24)21-9-5-3-6-10-21/h3-20H,1-2H3. The molecule has 5 aromatic rings.